The molecule has 19 heavy (non-hydrogen) atoms. The first-order valence-corrected chi connectivity index (χ1v) is 6.02. The highest BCUT2D eigenvalue weighted by Crippen LogP contribution is 2.31. The molecule has 1 aromatic rings. The molecule has 0 bridgehead atoms. The molecule has 0 aliphatic rings. The molecule has 1 aromatic carbocycles. The van der Waals surface area contributed by atoms with Crippen LogP contribution in [-0.4, -0.2) is 26.7 Å². The lowest BCUT2D eigenvalue weighted by atomic mass is 9.89. The lowest BCUT2D eigenvalue weighted by Crippen LogP contribution is -2.31. The van der Waals surface area contributed by atoms with Crippen molar-refractivity contribution >= 4 is 5.78 Å². The van der Waals surface area contributed by atoms with Gasteiger partial charge in [0, 0.05) is 5.56 Å². The topological polar surface area (TPSA) is 77.8 Å². The van der Waals surface area contributed by atoms with Gasteiger partial charge in [-0.05, 0) is 45.4 Å². The van der Waals surface area contributed by atoms with E-state index in [-0.39, 0.29) is 11.3 Å². The van der Waals surface area contributed by atoms with Crippen LogP contribution >= 0.6 is 0 Å². The Kier molecular flexibility index (Phi) is 4.18. The molecule has 0 aromatic heterocycles. The zero-order chi connectivity index (χ0) is 14.8. The zero-order valence-electron chi connectivity index (χ0n) is 11.6. The average Bonchev–Trinajstić information content (AvgIpc) is 2.24. The maximum Gasteiger partial charge on any atom is 0.191 e. The largest absolute Gasteiger partial charge is 0.508 e. The number of carbonyl (C=O) groups is 1. The predicted octanol–water partition coefficient (Wildman–Crippen LogP) is 1.80. The summed E-state index contributed by atoms with van der Waals surface area (Å²) < 4.78 is 0. The number of aromatic hydroxyl groups is 1. The van der Waals surface area contributed by atoms with E-state index in [1.807, 2.05) is 0 Å². The van der Waals surface area contributed by atoms with Gasteiger partial charge in [-0.15, -0.1) is 0 Å². The van der Waals surface area contributed by atoms with Crippen molar-refractivity contribution in [3.05, 3.63) is 41.5 Å². The molecule has 3 N–H and O–H groups in total. The molecule has 0 unspecified atom stereocenters. The number of benzene rings is 1. The summed E-state index contributed by atoms with van der Waals surface area (Å²) in [6, 6.07) is 4.70. The molecule has 1 rings (SSSR count). The number of aliphatic hydroxyl groups is 2. The molecule has 4 nitrogen and oxygen atoms in total. The molecule has 4 heteroatoms. The van der Waals surface area contributed by atoms with Gasteiger partial charge in [-0.25, -0.2) is 0 Å². The van der Waals surface area contributed by atoms with E-state index in [2.05, 4.69) is 0 Å². The summed E-state index contributed by atoms with van der Waals surface area (Å²) in [5, 5.41) is 29.6. The Morgan fingerprint density at radius 1 is 1.21 bits per heavy atom. The van der Waals surface area contributed by atoms with Gasteiger partial charge in [-0.3, -0.25) is 4.79 Å². The fourth-order valence-corrected chi connectivity index (χ4v) is 1.63. The van der Waals surface area contributed by atoms with Crippen molar-refractivity contribution in [2.24, 2.45) is 0 Å². The minimum absolute atomic E-state index is 0.130. The first-order valence-electron chi connectivity index (χ1n) is 6.02. The van der Waals surface area contributed by atoms with Gasteiger partial charge in [-0.2, -0.15) is 0 Å². The number of aryl methyl sites for hydroxylation is 1. The van der Waals surface area contributed by atoms with E-state index < -0.39 is 17.0 Å². The number of carbonyl (C=O) groups excluding carboxylic acids is 1. The van der Waals surface area contributed by atoms with Crippen LogP contribution in [0.15, 0.2) is 30.4 Å². The molecule has 0 fully saturated rings. The van der Waals surface area contributed by atoms with Crippen molar-refractivity contribution in [2.45, 2.75) is 38.9 Å². The molecular formula is C15H20O4. The SMILES string of the molecule is Cc1ccc([C@@](C)(O)C(=O)C=CC(C)(C)O)c(O)c1. The Morgan fingerprint density at radius 2 is 1.79 bits per heavy atom. The number of rotatable bonds is 4. The second kappa shape index (κ2) is 5.15. The Labute approximate surface area is 113 Å². The van der Waals surface area contributed by atoms with Crippen LogP contribution in [0.2, 0.25) is 0 Å². The molecule has 0 heterocycles. The third-order valence-electron chi connectivity index (χ3n) is 2.80. The highest BCUT2D eigenvalue weighted by molar-refractivity contribution is 5.97. The summed E-state index contributed by atoms with van der Waals surface area (Å²) in [4.78, 5) is 12.0. The molecule has 0 radical (unpaired) electrons. The maximum absolute atomic E-state index is 12.0. The first-order chi connectivity index (χ1) is 8.54. The molecule has 0 saturated carbocycles. The lowest BCUT2D eigenvalue weighted by molar-refractivity contribution is -0.131. The van der Waals surface area contributed by atoms with Gasteiger partial charge >= 0.3 is 0 Å². The molecule has 1 atom stereocenters. The summed E-state index contributed by atoms with van der Waals surface area (Å²) in [6.07, 6.45) is 2.42. The monoisotopic (exact) mass is 264 g/mol. The third kappa shape index (κ3) is 3.91. The Hall–Kier alpha value is -1.65. The molecule has 0 aliphatic heterocycles. The first kappa shape index (κ1) is 15.4. The normalized spacial score (nSPS) is 15.5. The van der Waals surface area contributed by atoms with Crippen molar-refractivity contribution in [3.8, 4) is 5.75 Å². The molecule has 0 spiro atoms. The van der Waals surface area contributed by atoms with E-state index >= 15 is 0 Å². The van der Waals surface area contributed by atoms with Gasteiger partial charge in [0.05, 0.1) is 5.60 Å². The maximum atomic E-state index is 12.0. The smallest absolute Gasteiger partial charge is 0.191 e. The average molecular weight is 264 g/mol. The molecular weight excluding hydrogens is 244 g/mol. The van der Waals surface area contributed by atoms with Crippen LogP contribution in [0.5, 0.6) is 5.75 Å². The standard InChI is InChI=1S/C15H20O4/c1-10-5-6-11(12(16)9-10)15(4,19)13(17)7-8-14(2,3)18/h5-9,16,18-19H,1-4H3/t15-/m1/s1. The van der Waals surface area contributed by atoms with Crippen molar-refractivity contribution in [2.75, 3.05) is 0 Å². The molecule has 0 saturated heterocycles. The second-order valence-electron chi connectivity index (χ2n) is 5.44. The summed E-state index contributed by atoms with van der Waals surface area (Å²) in [5.74, 6) is -0.733. The highest BCUT2D eigenvalue weighted by atomic mass is 16.3. The van der Waals surface area contributed by atoms with Gasteiger partial charge in [0.2, 0.25) is 0 Å². The number of hydrogen-bond acceptors (Lipinski definition) is 4. The summed E-state index contributed by atoms with van der Waals surface area (Å²) in [5.41, 5.74) is -2.00. The van der Waals surface area contributed by atoms with E-state index in [0.29, 0.717) is 0 Å². The second-order valence-corrected chi connectivity index (χ2v) is 5.44. The number of phenolic OH excluding ortho intramolecular Hbond substituents is 1. The van der Waals surface area contributed by atoms with Gasteiger partial charge in [-0.1, -0.05) is 18.2 Å². The van der Waals surface area contributed by atoms with Crippen LogP contribution in [0.25, 0.3) is 0 Å². The number of ketones is 1. The molecule has 0 amide bonds. The lowest BCUT2D eigenvalue weighted by Gasteiger charge is -2.22. The molecule has 104 valence electrons. The van der Waals surface area contributed by atoms with Gasteiger partial charge < -0.3 is 15.3 Å². The van der Waals surface area contributed by atoms with Crippen molar-refractivity contribution in [1.29, 1.82) is 0 Å². The fourth-order valence-electron chi connectivity index (χ4n) is 1.63. The van der Waals surface area contributed by atoms with E-state index in [4.69, 9.17) is 0 Å². The van der Waals surface area contributed by atoms with Gasteiger partial charge in [0.25, 0.3) is 0 Å². The number of phenols is 1. The Balaban J connectivity index is 3.10. The van der Waals surface area contributed by atoms with Crippen LogP contribution in [-0.2, 0) is 10.4 Å². The summed E-state index contributed by atoms with van der Waals surface area (Å²) in [7, 11) is 0. The highest BCUT2D eigenvalue weighted by Gasteiger charge is 2.33. The van der Waals surface area contributed by atoms with Gasteiger partial charge in [0.15, 0.2) is 11.4 Å². The number of hydrogen-bond donors (Lipinski definition) is 3. The van der Waals surface area contributed by atoms with Crippen molar-refractivity contribution in [1.82, 2.24) is 0 Å². The third-order valence-corrected chi connectivity index (χ3v) is 2.80. The van der Waals surface area contributed by atoms with Crippen LogP contribution in [0.1, 0.15) is 31.9 Å². The summed E-state index contributed by atoms with van der Waals surface area (Å²) in [6.45, 7) is 6.16. The summed E-state index contributed by atoms with van der Waals surface area (Å²) >= 11 is 0. The van der Waals surface area contributed by atoms with Crippen LogP contribution in [0, 0.1) is 6.92 Å². The Bertz CT molecular complexity index is 507. The van der Waals surface area contributed by atoms with Gasteiger partial charge in [0.1, 0.15) is 5.75 Å². The molecule has 0 aliphatic carbocycles. The van der Waals surface area contributed by atoms with E-state index in [1.54, 1.807) is 13.0 Å². The minimum atomic E-state index is -1.83. The minimum Gasteiger partial charge on any atom is -0.508 e. The van der Waals surface area contributed by atoms with E-state index in [9.17, 15) is 20.1 Å². The van der Waals surface area contributed by atoms with Crippen LogP contribution in [0.4, 0.5) is 0 Å². The van der Waals surface area contributed by atoms with E-state index in [1.165, 1.54) is 39.0 Å². The van der Waals surface area contributed by atoms with Crippen LogP contribution < -0.4 is 0 Å². The zero-order valence-corrected chi connectivity index (χ0v) is 11.6. The predicted molar refractivity (Wildman–Crippen MR) is 72.9 cm³/mol. The fraction of sp³-hybridized carbons (Fsp3) is 0.400. The quantitative estimate of drug-likeness (QED) is 0.725. The van der Waals surface area contributed by atoms with Crippen molar-refractivity contribution < 1.29 is 20.1 Å². The Morgan fingerprint density at radius 3 is 2.26 bits per heavy atom. The van der Waals surface area contributed by atoms with E-state index in [0.717, 1.165) is 11.6 Å². The van der Waals surface area contributed by atoms with Crippen LogP contribution in [0.3, 0.4) is 0 Å². The van der Waals surface area contributed by atoms with Crippen molar-refractivity contribution in [3.63, 3.8) is 0 Å².